The van der Waals surface area contributed by atoms with Gasteiger partial charge in [-0.3, -0.25) is 9.59 Å². The highest BCUT2D eigenvalue weighted by Crippen LogP contribution is 2.39. The molecule has 5 nitrogen and oxygen atoms in total. The summed E-state index contributed by atoms with van der Waals surface area (Å²) < 4.78 is 0. The van der Waals surface area contributed by atoms with E-state index in [1.54, 1.807) is 0 Å². The number of nitrogens with zero attached hydrogens (tertiary/aromatic N) is 2. The molecule has 0 bridgehead atoms. The van der Waals surface area contributed by atoms with Crippen molar-refractivity contribution in [2.24, 2.45) is 11.8 Å². The summed E-state index contributed by atoms with van der Waals surface area (Å²) in [6.07, 6.45) is 13.4. The van der Waals surface area contributed by atoms with Crippen LogP contribution in [0.25, 0.3) is 0 Å². The molecular formula is C32H41N3O2. The van der Waals surface area contributed by atoms with Crippen LogP contribution in [-0.2, 0) is 17.6 Å². The molecule has 0 radical (unpaired) electrons. The number of anilines is 2. The van der Waals surface area contributed by atoms with Crippen LogP contribution < -0.4 is 10.2 Å². The second kappa shape index (κ2) is 10.9. The van der Waals surface area contributed by atoms with E-state index in [1.807, 2.05) is 18.2 Å². The quantitative estimate of drug-likeness (QED) is 0.532. The second-order valence-corrected chi connectivity index (χ2v) is 11.7. The van der Waals surface area contributed by atoms with Crippen molar-refractivity contribution in [3.63, 3.8) is 0 Å². The summed E-state index contributed by atoms with van der Waals surface area (Å²) >= 11 is 0. The van der Waals surface area contributed by atoms with Crippen molar-refractivity contribution in [2.75, 3.05) is 29.9 Å². The molecule has 2 aliphatic heterocycles. The Bertz CT molecular complexity index is 1130. The van der Waals surface area contributed by atoms with Crippen molar-refractivity contribution < 1.29 is 9.59 Å². The zero-order valence-electron chi connectivity index (χ0n) is 22.1. The van der Waals surface area contributed by atoms with Crippen molar-refractivity contribution >= 4 is 23.2 Å². The molecule has 37 heavy (non-hydrogen) atoms. The third-order valence-corrected chi connectivity index (χ3v) is 9.36. The molecule has 3 fully saturated rings. The molecule has 2 heterocycles. The first kappa shape index (κ1) is 24.5. The number of nitrogens with one attached hydrogen (secondary N) is 1. The minimum absolute atomic E-state index is 0.0254. The number of carbonyl (C=O) groups is 2. The average Bonchev–Trinajstić information content (AvgIpc) is 3.65. The Hall–Kier alpha value is -2.82. The molecule has 2 aliphatic carbocycles. The number of benzene rings is 2. The maximum absolute atomic E-state index is 14.3. The molecule has 1 N–H and O–H groups in total. The van der Waals surface area contributed by atoms with Crippen LogP contribution in [-0.4, -0.2) is 42.4 Å². The largest absolute Gasteiger partial charge is 0.371 e. The van der Waals surface area contributed by atoms with E-state index in [0.29, 0.717) is 5.92 Å². The van der Waals surface area contributed by atoms with Gasteiger partial charge in [-0.05, 0) is 99.1 Å². The van der Waals surface area contributed by atoms with Gasteiger partial charge in [0.2, 0.25) is 5.91 Å². The summed E-state index contributed by atoms with van der Waals surface area (Å²) in [6, 6.07) is 14.5. The van der Waals surface area contributed by atoms with Crippen LogP contribution in [0.5, 0.6) is 0 Å². The van der Waals surface area contributed by atoms with Crippen LogP contribution in [0.1, 0.15) is 85.7 Å². The van der Waals surface area contributed by atoms with Crippen LogP contribution in [0.3, 0.4) is 0 Å². The van der Waals surface area contributed by atoms with Gasteiger partial charge in [0.15, 0.2) is 0 Å². The monoisotopic (exact) mass is 499 g/mol. The molecule has 2 saturated heterocycles. The topological polar surface area (TPSA) is 52.7 Å². The molecule has 2 aromatic rings. The normalized spacial score (nSPS) is 24.2. The fourth-order valence-corrected chi connectivity index (χ4v) is 7.53. The first-order valence-electron chi connectivity index (χ1n) is 14.8. The standard InChI is InChI=1S/C32H41N3O2/c36-31(33-26-18-17-23-12-8-13-25(23)22-26)28-15-9-21-35(30(28)24-10-2-1-3-11-24)32(37)27-14-4-5-16-29(27)34-19-6-7-20-34/h4-5,14,16-18,22,24,28,30H,1-3,6-13,15,19-21H2,(H,33,36)/t28?,30-/m0/s1. The van der Waals surface area contributed by atoms with E-state index >= 15 is 0 Å². The van der Waals surface area contributed by atoms with E-state index in [1.165, 1.54) is 49.7 Å². The Morgan fingerprint density at radius 2 is 1.54 bits per heavy atom. The lowest BCUT2D eigenvalue weighted by Gasteiger charge is -2.46. The van der Waals surface area contributed by atoms with Gasteiger partial charge < -0.3 is 15.1 Å². The molecule has 196 valence electrons. The second-order valence-electron chi connectivity index (χ2n) is 11.7. The number of para-hydroxylation sites is 1. The summed E-state index contributed by atoms with van der Waals surface area (Å²) in [5.74, 6) is 0.452. The highest BCUT2D eigenvalue weighted by molar-refractivity contribution is 6.01. The number of likely N-dealkylation sites (tertiary alicyclic amines) is 1. The van der Waals surface area contributed by atoms with Crippen LogP contribution >= 0.6 is 0 Å². The predicted octanol–water partition coefficient (Wildman–Crippen LogP) is 6.22. The van der Waals surface area contributed by atoms with Gasteiger partial charge in [-0.25, -0.2) is 0 Å². The summed E-state index contributed by atoms with van der Waals surface area (Å²) in [5.41, 5.74) is 5.59. The summed E-state index contributed by atoms with van der Waals surface area (Å²) in [7, 11) is 0. The van der Waals surface area contributed by atoms with Gasteiger partial charge in [-0.1, -0.05) is 37.5 Å². The Morgan fingerprint density at radius 3 is 2.38 bits per heavy atom. The molecule has 2 aromatic carbocycles. The van der Waals surface area contributed by atoms with E-state index in [2.05, 4.69) is 39.4 Å². The molecule has 0 spiro atoms. The van der Waals surface area contributed by atoms with Crippen LogP contribution in [0, 0.1) is 11.8 Å². The molecule has 2 amide bonds. The Labute approximate surface area is 221 Å². The Morgan fingerprint density at radius 1 is 0.757 bits per heavy atom. The molecule has 1 unspecified atom stereocenters. The molecule has 4 aliphatic rings. The zero-order valence-corrected chi connectivity index (χ0v) is 22.1. The van der Waals surface area contributed by atoms with Gasteiger partial charge in [-0.15, -0.1) is 0 Å². The smallest absolute Gasteiger partial charge is 0.256 e. The summed E-state index contributed by atoms with van der Waals surface area (Å²) in [5, 5.41) is 3.28. The van der Waals surface area contributed by atoms with Gasteiger partial charge in [0, 0.05) is 37.1 Å². The third-order valence-electron chi connectivity index (χ3n) is 9.36. The minimum Gasteiger partial charge on any atom is -0.371 e. The molecule has 0 aromatic heterocycles. The van der Waals surface area contributed by atoms with Crippen molar-refractivity contribution in [3.8, 4) is 0 Å². The summed E-state index contributed by atoms with van der Waals surface area (Å²) in [6.45, 7) is 2.78. The van der Waals surface area contributed by atoms with Gasteiger partial charge in [0.1, 0.15) is 0 Å². The number of amides is 2. The number of carbonyl (C=O) groups excluding carboxylic acids is 2. The maximum atomic E-state index is 14.3. The molecule has 5 heteroatoms. The number of fused-ring (bicyclic) bond motifs is 1. The van der Waals surface area contributed by atoms with Crippen molar-refractivity contribution in [1.82, 2.24) is 4.90 Å². The van der Waals surface area contributed by atoms with E-state index in [4.69, 9.17) is 0 Å². The lowest BCUT2D eigenvalue weighted by Crippen LogP contribution is -2.55. The van der Waals surface area contributed by atoms with Crippen LogP contribution in [0.15, 0.2) is 42.5 Å². The fraction of sp³-hybridized carbons (Fsp3) is 0.562. The Balaban J connectivity index is 1.28. The number of rotatable bonds is 5. The van der Waals surface area contributed by atoms with E-state index in [9.17, 15) is 9.59 Å². The minimum atomic E-state index is -0.159. The highest BCUT2D eigenvalue weighted by Gasteiger charge is 2.43. The third kappa shape index (κ3) is 5.02. The number of piperidine rings is 1. The predicted molar refractivity (Wildman–Crippen MR) is 149 cm³/mol. The van der Waals surface area contributed by atoms with E-state index in [0.717, 1.165) is 75.1 Å². The number of aryl methyl sites for hydroxylation is 2. The van der Waals surface area contributed by atoms with Gasteiger partial charge >= 0.3 is 0 Å². The molecule has 2 atom stereocenters. The average molecular weight is 500 g/mol. The van der Waals surface area contributed by atoms with Crippen LogP contribution in [0.2, 0.25) is 0 Å². The van der Waals surface area contributed by atoms with Crippen molar-refractivity contribution in [3.05, 3.63) is 59.2 Å². The number of hydrogen-bond acceptors (Lipinski definition) is 3. The highest BCUT2D eigenvalue weighted by atomic mass is 16.2. The van der Waals surface area contributed by atoms with Gasteiger partial charge in [0.05, 0.1) is 11.5 Å². The molecular weight excluding hydrogens is 458 g/mol. The lowest BCUT2D eigenvalue weighted by atomic mass is 9.74. The van der Waals surface area contributed by atoms with Crippen molar-refractivity contribution in [2.45, 2.75) is 83.1 Å². The fourth-order valence-electron chi connectivity index (χ4n) is 7.53. The first-order chi connectivity index (χ1) is 18.2. The maximum Gasteiger partial charge on any atom is 0.256 e. The number of hydrogen-bond donors (Lipinski definition) is 1. The molecule has 6 rings (SSSR count). The Kier molecular flexibility index (Phi) is 7.21. The van der Waals surface area contributed by atoms with Crippen molar-refractivity contribution in [1.29, 1.82) is 0 Å². The lowest BCUT2D eigenvalue weighted by molar-refractivity contribution is -0.124. The van der Waals surface area contributed by atoms with E-state index in [-0.39, 0.29) is 23.8 Å². The van der Waals surface area contributed by atoms with Crippen LogP contribution in [0.4, 0.5) is 11.4 Å². The van der Waals surface area contributed by atoms with Gasteiger partial charge in [-0.2, -0.15) is 0 Å². The van der Waals surface area contributed by atoms with E-state index < -0.39 is 0 Å². The first-order valence-corrected chi connectivity index (χ1v) is 14.8. The van der Waals surface area contributed by atoms with Gasteiger partial charge in [0.25, 0.3) is 5.91 Å². The zero-order chi connectivity index (χ0) is 25.2. The SMILES string of the molecule is O=C(Nc1ccc2c(c1)CCC2)C1CCCN(C(=O)c2ccccc2N2CCCC2)[C@H]1C1CCCCC1. The molecule has 1 saturated carbocycles. The summed E-state index contributed by atoms with van der Waals surface area (Å²) in [4.78, 5) is 32.6.